The fourth-order valence-corrected chi connectivity index (χ4v) is 5.09. The van der Waals surface area contributed by atoms with Crippen molar-refractivity contribution in [1.82, 2.24) is 4.72 Å². The van der Waals surface area contributed by atoms with E-state index in [0.29, 0.717) is 37.1 Å². The van der Waals surface area contributed by atoms with Crippen LogP contribution in [-0.2, 0) is 28.6 Å². The smallest absolute Gasteiger partial charge is 0.338 e. The van der Waals surface area contributed by atoms with E-state index in [9.17, 15) is 14.3 Å². The Bertz CT molecular complexity index is 1240. The lowest BCUT2D eigenvalue weighted by Gasteiger charge is -2.21. The minimum atomic E-state index is -1.26. The van der Waals surface area contributed by atoms with Crippen LogP contribution in [0.5, 0.6) is 0 Å². The van der Waals surface area contributed by atoms with Crippen molar-refractivity contribution >= 4 is 22.6 Å². The summed E-state index contributed by atoms with van der Waals surface area (Å²) in [4.78, 5) is 15.1. The Morgan fingerprint density at radius 2 is 1.91 bits per heavy atom. The van der Waals surface area contributed by atoms with Crippen LogP contribution >= 0.6 is 0 Å². The zero-order valence-electron chi connectivity index (χ0n) is 19.8. The van der Waals surface area contributed by atoms with E-state index >= 15 is 0 Å². The van der Waals surface area contributed by atoms with Crippen LogP contribution in [0.1, 0.15) is 39.0 Å². The average Bonchev–Trinajstić information content (AvgIpc) is 3.29. The monoisotopic (exact) mass is 487 g/mol. The summed E-state index contributed by atoms with van der Waals surface area (Å²) in [5.41, 5.74) is 5.57. The lowest BCUT2D eigenvalue weighted by Crippen LogP contribution is -2.24. The van der Waals surface area contributed by atoms with Gasteiger partial charge in [-0.15, -0.1) is 0 Å². The molecule has 1 N–H and O–H groups in total. The van der Waals surface area contributed by atoms with Gasteiger partial charge >= 0.3 is 5.97 Å². The van der Waals surface area contributed by atoms with Gasteiger partial charge in [-0.1, -0.05) is 42.0 Å². The fraction of sp³-hybridized carbons (Fsp3) is 0.286. The minimum Gasteiger partial charge on any atom is -0.462 e. The molecule has 1 atom stereocenters. The summed E-state index contributed by atoms with van der Waals surface area (Å²) in [5.74, 6) is -0.313. The van der Waals surface area contributed by atoms with Gasteiger partial charge in [-0.25, -0.2) is 13.7 Å². The summed E-state index contributed by atoms with van der Waals surface area (Å²) in [5, 5.41) is 9.79. The van der Waals surface area contributed by atoms with E-state index in [1.165, 1.54) is 5.56 Å². The van der Waals surface area contributed by atoms with Crippen LogP contribution in [0, 0.1) is 18.3 Å². The minimum absolute atomic E-state index is 0.313. The van der Waals surface area contributed by atoms with Gasteiger partial charge in [0.25, 0.3) is 0 Å². The highest BCUT2D eigenvalue weighted by Gasteiger charge is 2.23. The molecule has 4 rings (SSSR count). The van der Waals surface area contributed by atoms with Crippen molar-refractivity contribution in [2.75, 3.05) is 31.1 Å². The van der Waals surface area contributed by atoms with Crippen LogP contribution in [0.3, 0.4) is 0 Å². The van der Waals surface area contributed by atoms with Crippen molar-refractivity contribution in [1.29, 1.82) is 5.26 Å². The summed E-state index contributed by atoms with van der Waals surface area (Å²) < 4.78 is 20.9. The molecule has 0 bridgehead atoms. The van der Waals surface area contributed by atoms with Gasteiger partial charge in [0, 0.05) is 19.6 Å². The number of carbonyl (C=O) groups is 1. The second-order valence-corrected chi connectivity index (χ2v) is 9.88. The van der Waals surface area contributed by atoms with E-state index in [2.05, 4.69) is 21.8 Å². The Kier molecular flexibility index (Phi) is 8.30. The maximum absolute atomic E-state index is 12.5. The zero-order valence-corrected chi connectivity index (χ0v) is 20.6. The van der Waals surface area contributed by atoms with Crippen molar-refractivity contribution in [3.8, 4) is 6.07 Å². The van der Waals surface area contributed by atoms with Gasteiger partial charge in [-0.2, -0.15) is 5.26 Å². The first-order valence-electron chi connectivity index (χ1n) is 11.8. The molecule has 3 aromatic carbocycles. The Morgan fingerprint density at radius 3 is 2.66 bits per heavy atom. The molecule has 0 aliphatic carbocycles. The normalized spacial score (nSPS) is 13.2. The van der Waals surface area contributed by atoms with Crippen molar-refractivity contribution in [2.24, 2.45) is 0 Å². The molecule has 0 spiro atoms. The lowest BCUT2D eigenvalue weighted by molar-refractivity contribution is 0.0502. The van der Waals surface area contributed by atoms with Gasteiger partial charge in [-0.05, 0) is 67.6 Å². The largest absolute Gasteiger partial charge is 0.462 e. The first kappa shape index (κ1) is 24.6. The third-order valence-corrected chi connectivity index (χ3v) is 7.20. The molecule has 1 unspecified atom stereocenters. The van der Waals surface area contributed by atoms with E-state index in [0.717, 1.165) is 41.2 Å². The molecule has 0 saturated heterocycles. The number of benzene rings is 3. The summed E-state index contributed by atoms with van der Waals surface area (Å²) in [6.45, 7) is 4.46. The Labute approximate surface area is 209 Å². The number of nitrogens with one attached hydrogen (secondary N) is 1. The van der Waals surface area contributed by atoms with E-state index < -0.39 is 11.0 Å². The third-order valence-electron chi connectivity index (χ3n) is 6.03. The molecule has 3 aromatic rings. The molecule has 1 heterocycles. The molecule has 0 radical (unpaired) electrons. The molecule has 0 saturated carbocycles. The topological polar surface area (TPSA) is 82.4 Å². The highest BCUT2D eigenvalue weighted by molar-refractivity contribution is 7.83. The number of aryl methyl sites for hydroxylation is 1. The van der Waals surface area contributed by atoms with Crippen molar-refractivity contribution in [3.05, 3.63) is 94.5 Å². The standard InChI is InChI=1S/C28H29N3O3S/c1-21-8-10-26(11-9-21)35(33)30-14-12-22-18-24-13-16-31(27(24)25(19-22)20-29)15-5-17-34-28(32)23-6-3-2-4-7-23/h2-4,6-11,18-19,30H,5,12-17H2,1H3. The van der Waals surface area contributed by atoms with Crippen molar-refractivity contribution < 1.29 is 13.7 Å². The summed E-state index contributed by atoms with van der Waals surface area (Å²) in [6.07, 6.45) is 2.26. The van der Waals surface area contributed by atoms with E-state index in [1.807, 2.05) is 55.5 Å². The maximum Gasteiger partial charge on any atom is 0.338 e. The molecular formula is C28H29N3O3S. The number of hydrogen-bond acceptors (Lipinski definition) is 5. The van der Waals surface area contributed by atoms with Crippen LogP contribution < -0.4 is 9.62 Å². The molecule has 180 valence electrons. The second kappa shape index (κ2) is 11.8. The molecule has 35 heavy (non-hydrogen) atoms. The highest BCUT2D eigenvalue weighted by atomic mass is 32.2. The summed E-state index contributed by atoms with van der Waals surface area (Å²) >= 11 is 0. The lowest BCUT2D eigenvalue weighted by atomic mass is 10.0. The number of esters is 1. The van der Waals surface area contributed by atoms with Gasteiger partial charge in [0.1, 0.15) is 17.1 Å². The number of nitriles is 1. The Balaban J connectivity index is 1.29. The summed E-state index contributed by atoms with van der Waals surface area (Å²) in [6, 6.07) is 23.1. The SMILES string of the molecule is Cc1ccc(S(=O)NCCc2cc(C#N)c3c(c2)CCN3CCCOC(=O)c2ccccc2)cc1. The average molecular weight is 488 g/mol. The van der Waals surface area contributed by atoms with Crippen LogP contribution in [0.25, 0.3) is 0 Å². The van der Waals surface area contributed by atoms with Crippen LogP contribution in [0.15, 0.2) is 71.6 Å². The number of rotatable bonds is 10. The molecule has 0 fully saturated rings. The molecule has 6 nitrogen and oxygen atoms in total. The molecule has 0 amide bonds. The van der Waals surface area contributed by atoms with Crippen LogP contribution in [-0.4, -0.2) is 36.4 Å². The predicted molar refractivity (Wildman–Crippen MR) is 138 cm³/mol. The molecular weight excluding hydrogens is 458 g/mol. The van der Waals surface area contributed by atoms with Gasteiger partial charge in [0.05, 0.1) is 28.3 Å². The predicted octanol–water partition coefficient (Wildman–Crippen LogP) is 4.33. The number of nitrogens with zero attached hydrogens (tertiary/aromatic N) is 2. The first-order chi connectivity index (χ1) is 17.0. The molecule has 0 aromatic heterocycles. The first-order valence-corrected chi connectivity index (χ1v) is 12.9. The van der Waals surface area contributed by atoms with Gasteiger partial charge in [-0.3, -0.25) is 0 Å². The quantitative estimate of drug-likeness (QED) is 0.340. The third kappa shape index (κ3) is 6.36. The van der Waals surface area contributed by atoms with E-state index in [4.69, 9.17) is 4.74 Å². The Hall–Kier alpha value is -3.47. The number of hydrogen-bond donors (Lipinski definition) is 1. The fourth-order valence-electron chi connectivity index (χ4n) is 4.26. The highest BCUT2D eigenvalue weighted by Crippen LogP contribution is 2.33. The zero-order chi connectivity index (χ0) is 24.6. The van der Waals surface area contributed by atoms with Crippen LogP contribution in [0.4, 0.5) is 5.69 Å². The molecule has 7 heteroatoms. The van der Waals surface area contributed by atoms with Gasteiger partial charge in [0.2, 0.25) is 0 Å². The molecule has 1 aliphatic rings. The number of anilines is 1. The molecule has 1 aliphatic heterocycles. The van der Waals surface area contributed by atoms with Gasteiger partial charge < -0.3 is 9.64 Å². The van der Waals surface area contributed by atoms with Crippen LogP contribution in [0.2, 0.25) is 0 Å². The van der Waals surface area contributed by atoms with Crippen molar-refractivity contribution in [3.63, 3.8) is 0 Å². The van der Waals surface area contributed by atoms with E-state index in [1.54, 1.807) is 12.1 Å². The summed E-state index contributed by atoms with van der Waals surface area (Å²) in [7, 11) is -1.26. The van der Waals surface area contributed by atoms with Gasteiger partial charge in [0.15, 0.2) is 0 Å². The number of fused-ring (bicyclic) bond motifs is 1. The van der Waals surface area contributed by atoms with E-state index in [-0.39, 0.29) is 5.97 Å². The van der Waals surface area contributed by atoms with Crippen molar-refractivity contribution in [2.45, 2.75) is 31.1 Å². The Morgan fingerprint density at radius 1 is 1.14 bits per heavy atom. The number of ether oxygens (including phenoxy) is 1. The second-order valence-electron chi connectivity index (χ2n) is 8.58. The number of carbonyl (C=O) groups excluding carboxylic acids is 1. The maximum atomic E-state index is 12.5.